The molecular weight excluding hydrogens is 464 g/mol. The van der Waals surface area contributed by atoms with Crippen molar-refractivity contribution in [1.82, 2.24) is 0 Å². The molecule has 0 aliphatic rings. The van der Waals surface area contributed by atoms with Crippen LogP contribution in [0.4, 0.5) is 5.69 Å². The molecule has 0 spiro atoms. The van der Waals surface area contributed by atoms with Gasteiger partial charge in [-0.05, 0) is 68.8 Å². The minimum atomic E-state index is -4.31. The molecule has 1 amide bonds. The molecule has 3 rings (SSSR count). The molecular formula is C27H26N2O5S. The van der Waals surface area contributed by atoms with Crippen LogP contribution in [0.25, 0.3) is 6.08 Å². The number of nitrogens with zero attached hydrogens (tertiary/aromatic N) is 2. The lowest BCUT2D eigenvalue weighted by Gasteiger charge is -2.22. The largest absolute Gasteiger partial charge is 0.493 e. The normalized spacial score (nSPS) is 11.5. The van der Waals surface area contributed by atoms with Crippen molar-refractivity contribution in [2.45, 2.75) is 25.7 Å². The molecule has 3 aromatic carbocycles. The summed E-state index contributed by atoms with van der Waals surface area (Å²) in [5.41, 5.74) is 2.02. The number of carbonyl (C=O) groups is 1. The summed E-state index contributed by atoms with van der Waals surface area (Å²) < 4.78 is 38.7. The first kappa shape index (κ1) is 25.5. The van der Waals surface area contributed by atoms with Crippen molar-refractivity contribution in [1.29, 1.82) is 5.26 Å². The lowest BCUT2D eigenvalue weighted by atomic mass is 10.1. The van der Waals surface area contributed by atoms with Crippen LogP contribution in [-0.4, -0.2) is 28.0 Å². The smallest absolute Gasteiger partial charge is 0.282 e. The Labute approximate surface area is 205 Å². The van der Waals surface area contributed by atoms with Gasteiger partial charge in [-0.3, -0.25) is 4.79 Å². The maximum absolute atomic E-state index is 13.6. The summed E-state index contributed by atoms with van der Waals surface area (Å²) in [5, 5.41) is 9.82. The van der Waals surface area contributed by atoms with Crippen molar-refractivity contribution in [3.63, 3.8) is 0 Å². The molecule has 7 nitrogen and oxygen atoms in total. The standard InChI is InChI=1S/C27H26N2O5S/c1-5-34-25-15-10-21(17-26(25)33-4)16-22(18-28)27(30)29(23-11-6-19(2)7-12-23)35(31,32)24-13-8-20(3)9-14-24/h6-17H,5H2,1-4H3/b22-16+. The molecule has 3 aromatic rings. The number of anilines is 1. The van der Waals surface area contributed by atoms with Gasteiger partial charge in [0.25, 0.3) is 15.9 Å². The number of hydrogen-bond acceptors (Lipinski definition) is 6. The number of hydrogen-bond donors (Lipinski definition) is 0. The highest BCUT2D eigenvalue weighted by Crippen LogP contribution is 2.30. The highest BCUT2D eigenvalue weighted by molar-refractivity contribution is 7.93. The molecule has 35 heavy (non-hydrogen) atoms. The lowest BCUT2D eigenvalue weighted by Crippen LogP contribution is -2.37. The molecule has 0 aliphatic heterocycles. The van der Waals surface area contributed by atoms with Crippen LogP contribution in [0.1, 0.15) is 23.6 Å². The first-order chi connectivity index (χ1) is 16.7. The third kappa shape index (κ3) is 5.70. The van der Waals surface area contributed by atoms with Crippen LogP contribution in [0.3, 0.4) is 0 Å². The minimum Gasteiger partial charge on any atom is -0.493 e. The topological polar surface area (TPSA) is 96.7 Å². The van der Waals surface area contributed by atoms with Gasteiger partial charge in [0.05, 0.1) is 24.3 Å². The molecule has 0 fully saturated rings. The second-order valence-electron chi connectivity index (χ2n) is 7.74. The van der Waals surface area contributed by atoms with Gasteiger partial charge in [-0.15, -0.1) is 0 Å². The lowest BCUT2D eigenvalue weighted by molar-refractivity contribution is -0.113. The highest BCUT2D eigenvalue weighted by Gasteiger charge is 2.33. The van der Waals surface area contributed by atoms with Crippen LogP contribution < -0.4 is 13.8 Å². The second-order valence-corrected chi connectivity index (χ2v) is 9.52. The van der Waals surface area contributed by atoms with Crippen molar-refractivity contribution < 1.29 is 22.7 Å². The number of carbonyl (C=O) groups excluding carboxylic acids is 1. The molecule has 0 N–H and O–H groups in total. The number of aryl methyl sites for hydroxylation is 2. The Bertz CT molecular complexity index is 1390. The van der Waals surface area contributed by atoms with Crippen LogP contribution in [0.5, 0.6) is 11.5 Å². The number of nitriles is 1. The van der Waals surface area contributed by atoms with Crippen molar-refractivity contribution in [2.75, 3.05) is 18.0 Å². The van der Waals surface area contributed by atoms with E-state index in [2.05, 4.69) is 0 Å². The zero-order valence-corrected chi connectivity index (χ0v) is 20.8. The molecule has 0 atom stereocenters. The Morgan fingerprint density at radius 3 is 2.11 bits per heavy atom. The van der Waals surface area contributed by atoms with Crippen molar-refractivity contribution in [2.24, 2.45) is 0 Å². The molecule has 8 heteroatoms. The minimum absolute atomic E-state index is 0.0583. The van der Waals surface area contributed by atoms with Crippen molar-refractivity contribution >= 4 is 27.7 Å². The van der Waals surface area contributed by atoms with Gasteiger partial charge >= 0.3 is 0 Å². The van der Waals surface area contributed by atoms with Gasteiger partial charge in [0, 0.05) is 0 Å². The van der Waals surface area contributed by atoms with Gasteiger partial charge in [0.1, 0.15) is 11.6 Å². The summed E-state index contributed by atoms with van der Waals surface area (Å²) in [6.07, 6.45) is 1.33. The molecule has 0 unspecified atom stereocenters. The van der Waals surface area contributed by atoms with E-state index in [9.17, 15) is 18.5 Å². The Morgan fingerprint density at radius 1 is 0.971 bits per heavy atom. The monoisotopic (exact) mass is 490 g/mol. The Morgan fingerprint density at radius 2 is 1.57 bits per heavy atom. The number of sulfonamides is 1. The Hall–Kier alpha value is -4.09. The van der Waals surface area contributed by atoms with E-state index < -0.39 is 15.9 Å². The van der Waals surface area contributed by atoms with Gasteiger partial charge in [-0.25, -0.2) is 8.42 Å². The number of methoxy groups -OCH3 is 1. The SMILES string of the molecule is CCOc1ccc(/C=C(\C#N)C(=O)N(c2ccc(C)cc2)S(=O)(=O)c2ccc(C)cc2)cc1OC. The Balaban J connectivity index is 2.12. The number of rotatable bonds is 8. The molecule has 0 saturated carbocycles. The number of amides is 1. The van der Waals surface area contributed by atoms with E-state index >= 15 is 0 Å². The first-order valence-electron chi connectivity index (χ1n) is 10.9. The van der Waals surface area contributed by atoms with E-state index in [0.29, 0.717) is 28.0 Å². The van der Waals surface area contributed by atoms with E-state index in [0.717, 1.165) is 11.1 Å². The van der Waals surface area contributed by atoms with E-state index in [4.69, 9.17) is 9.47 Å². The summed E-state index contributed by atoms with van der Waals surface area (Å²) in [6.45, 7) is 5.97. The molecule has 0 heterocycles. The zero-order chi connectivity index (χ0) is 25.6. The first-order valence-corrected chi connectivity index (χ1v) is 12.3. The molecule has 0 bridgehead atoms. The number of ether oxygens (including phenoxy) is 2. The zero-order valence-electron chi connectivity index (χ0n) is 20.0. The van der Waals surface area contributed by atoms with Crippen LogP contribution in [-0.2, 0) is 14.8 Å². The fourth-order valence-corrected chi connectivity index (χ4v) is 4.73. The molecule has 180 valence electrons. The predicted molar refractivity (Wildman–Crippen MR) is 135 cm³/mol. The third-order valence-corrected chi connectivity index (χ3v) is 6.89. The average Bonchev–Trinajstić information content (AvgIpc) is 2.84. The van der Waals surface area contributed by atoms with Crippen LogP contribution >= 0.6 is 0 Å². The fraction of sp³-hybridized carbons (Fsp3) is 0.185. The molecule has 0 aromatic heterocycles. The molecule has 0 radical (unpaired) electrons. The van der Waals surface area contributed by atoms with Crippen molar-refractivity contribution in [3.8, 4) is 17.6 Å². The summed E-state index contributed by atoms with van der Waals surface area (Å²) in [4.78, 5) is 13.5. The van der Waals surface area contributed by atoms with Gasteiger partial charge in [0.2, 0.25) is 0 Å². The van der Waals surface area contributed by atoms with Crippen molar-refractivity contribution in [3.05, 3.63) is 89.0 Å². The third-order valence-electron chi connectivity index (χ3n) is 5.16. The summed E-state index contributed by atoms with van der Waals surface area (Å²) >= 11 is 0. The summed E-state index contributed by atoms with van der Waals surface area (Å²) in [5.74, 6) is -0.0296. The average molecular weight is 491 g/mol. The van der Waals surface area contributed by atoms with Gasteiger partial charge in [0.15, 0.2) is 11.5 Å². The second kappa shape index (κ2) is 10.9. The van der Waals surface area contributed by atoms with Gasteiger partial charge < -0.3 is 9.47 Å². The quantitative estimate of drug-likeness (QED) is 0.324. The molecule has 0 aliphatic carbocycles. The maximum Gasteiger partial charge on any atom is 0.282 e. The van der Waals surface area contributed by atoms with E-state index in [1.54, 1.807) is 42.5 Å². The Kier molecular flexibility index (Phi) is 7.94. The van der Waals surface area contributed by atoms with Crippen LogP contribution in [0, 0.1) is 25.2 Å². The summed E-state index contributed by atoms with van der Waals surface area (Å²) in [6, 6.07) is 19.4. The van der Waals surface area contributed by atoms with Crippen LogP contribution in [0.2, 0.25) is 0 Å². The number of benzene rings is 3. The fourth-order valence-electron chi connectivity index (χ4n) is 3.33. The van der Waals surface area contributed by atoms with Crippen LogP contribution in [0.15, 0.2) is 77.2 Å². The van der Waals surface area contributed by atoms with E-state index in [1.807, 2.05) is 26.8 Å². The maximum atomic E-state index is 13.6. The summed E-state index contributed by atoms with van der Waals surface area (Å²) in [7, 11) is -2.83. The molecule has 0 saturated heterocycles. The predicted octanol–water partition coefficient (Wildman–Crippen LogP) is 5.04. The van der Waals surface area contributed by atoms with Gasteiger partial charge in [-0.2, -0.15) is 9.57 Å². The van der Waals surface area contributed by atoms with Gasteiger partial charge in [-0.1, -0.05) is 41.5 Å². The van der Waals surface area contributed by atoms with E-state index in [1.165, 1.54) is 37.5 Å². The van der Waals surface area contributed by atoms with E-state index in [-0.39, 0.29) is 16.2 Å². The highest BCUT2D eigenvalue weighted by atomic mass is 32.2.